The van der Waals surface area contributed by atoms with Crippen LogP contribution in [0.4, 0.5) is 17.1 Å². The van der Waals surface area contributed by atoms with Crippen molar-refractivity contribution in [1.82, 2.24) is 0 Å². The van der Waals surface area contributed by atoms with Crippen molar-refractivity contribution in [1.29, 1.82) is 0 Å². The van der Waals surface area contributed by atoms with Crippen LogP contribution < -0.4 is 4.90 Å². The summed E-state index contributed by atoms with van der Waals surface area (Å²) in [7, 11) is 0. The van der Waals surface area contributed by atoms with Crippen LogP contribution in [0.15, 0.2) is 182 Å². The summed E-state index contributed by atoms with van der Waals surface area (Å²) in [4.78, 5) is 2.53. The Balaban J connectivity index is 1.39. The minimum absolute atomic E-state index is 0.00123. The van der Waals surface area contributed by atoms with E-state index in [2.05, 4.69) is 222 Å². The van der Waals surface area contributed by atoms with E-state index < -0.39 is 5.41 Å². The van der Waals surface area contributed by atoms with Crippen LogP contribution in [0.1, 0.15) is 79.5 Å². The summed E-state index contributed by atoms with van der Waals surface area (Å²) in [6, 6.07) is 68.2. The number of hydrogen-bond donors (Lipinski definition) is 0. The van der Waals surface area contributed by atoms with E-state index in [4.69, 9.17) is 0 Å². The predicted octanol–water partition coefficient (Wildman–Crippen LogP) is 15.0. The number of benzene rings is 8. The summed E-state index contributed by atoms with van der Waals surface area (Å²) in [5.74, 6) is 0. The van der Waals surface area contributed by atoms with Gasteiger partial charge in [0.1, 0.15) is 0 Å². The molecule has 0 fully saturated rings. The predicted molar refractivity (Wildman–Crippen MR) is 241 cm³/mol. The number of para-hydroxylation sites is 1. The van der Waals surface area contributed by atoms with E-state index in [9.17, 15) is 0 Å². The van der Waals surface area contributed by atoms with Crippen LogP contribution in [-0.2, 0) is 16.2 Å². The number of rotatable bonds is 6. The number of nitrogens with zero attached hydrogens (tertiary/aromatic N) is 1. The Kier molecular flexibility index (Phi) is 8.17. The van der Waals surface area contributed by atoms with Crippen molar-refractivity contribution < 1.29 is 0 Å². The van der Waals surface area contributed by atoms with Crippen molar-refractivity contribution in [3.05, 3.63) is 221 Å². The molecule has 0 aliphatic heterocycles. The Bertz CT molecular complexity index is 2750. The Hall–Kier alpha value is -6.18. The summed E-state index contributed by atoms with van der Waals surface area (Å²) in [5, 5.41) is 2.47. The summed E-state index contributed by atoms with van der Waals surface area (Å²) in [6.07, 6.45) is 2.31. The van der Waals surface area contributed by atoms with Gasteiger partial charge in [0.15, 0.2) is 0 Å². The Morgan fingerprint density at radius 1 is 0.421 bits per heavy atom. The number of hydrogen-bond acceptors (Lipinski definition) is 1. The van der Waals surface area contributed by atoms with Crippen molar-refractivity contribution in [2.75, 3.05) is 4.90 Å². The molecular formula is C56H49N. The molecule has 10 rings (SSSR count). The maximum atomic E-state index is 2.58. The van der Waals surface area contributed by atoms with Gasteiger partial charge >= 0.3 is 0 Å². The molecule has 8 aromatic rings. The molecule has 8 aromatic carbocycles. The van der Waals surface area contributed by atoms with Crippen LogP contribution >= 0.6 is 0 Å². The van der Waals surface area contributed by atoms with Crippen molar-refractivity contribution in [3.8, 4) is 22.3 Å². The molecule has 0 unspecified atom stereocenters. The van der Waals surface area contributed by atoms with E-state index in [1.807, 2.05) is 0 Å². The smallest absolute Gasteiger partial charge is 0.0714 e. The topological polar surface area (TPSA) is 3.24 Å². The van der Waals surface area contributed by atoms with Crippen molar-refractivity contribution in [2.24, 2.45) is 0 Å². The summed E-state index contributed by atoms with van der Waals surface area (Å²) >= 11 is 0. The molecule has 2 aliphatic rings. The van der Waals surface area contributed by atoms with E-state index >= 15 is 0 Å². The van der Waals surface area contributed by atoms with E-state index in [-0.39, 0.29) is 10.8 Å². The molecule has 0 bridgehead atoms. The lowest BCUT2D eigenvalue weighted by atomic mass is 9.61. The molecule has 278 valence electrons. The van der Waals surface area contributed by atoms with Gasteiger partial charge in [-0.2, -0.15) is 0 Å². The third-order valence-electron chi connectivity index (χ3n) is 13.3. The maximum absolute atomic E-state index is 2.58. The van der Waals surface area contributed by atoms with Crippen molar-refractivity contribution >= 4 is 27.8 Å². The fraction of sp³-hybridized carbons (Fsp3) is 0.179. The second-order valence-electron chi connectivity index (χ2n) is 17.6. The summed E-state index contributed by atoms with van der Waals surface area (Å²) in [5.41, 5.74) is 17.7. The Morgan fingerprint density at radius 3 is 1.72 bits per heavy atom. The highest BCUT2D eigenvalue weighted by Gasteiger charge is 2.47. The standard InChI is InChI=1S/C56H49N/c1-38-29-32-49-53(55(4,5)34-33-54(49,2)3)52(38)47-36-46-45-27-17-18-28-48(45)56(41-21-9-6-10-22-41,42-23-11-7-12-24-42)50(46)37-51(47)57(43-25-13-8-14-26-43)44-31-30-39-19-15-16-20-40(39)35-44/h6-32,35-37H,33-34H2,1-5H3. The SMILES string of the molecule is Cc1ccc2c(c1-c1cc3c(cc1N(c1ccccc1)c1ccc4ccccc4c1)C(c1ccccc1)(c1ccccc1)c1ccccc1-3)C(C)(C)CCC2(C)C. The van der Waals surface area contributed by atoms with Crippen LogP contribution in [0.3, 0.4) is 0 Å². The number of aryl methyl sites for hydroxylation is 1. The lowest BCUT2D eigenvalue weighted by Gasteiger charge is -2.44. The zero-order valence-electron chi connectivity index (χ0n) is 33.7. The van der Waals surface area contributed by atoms with Crippen molar-refractivity contribution in [2.45, 2.75) is 63.7 Å². The van der Waals surface area contributed by atoms with Gasteiger partial charge in [-0.05, 0) is 133 Å². The molecule has 1 nitrogen and oxygen atoms in total. The third-order valence-corrected chi connectivity index (χ3v) is 13.3. The van der Waals surface area contributed by atoms with Gasteiger partial charge in [-0.1, -0.05) is 173 Å². The molecule has 0 amide bonds. The first-order chi connectivity index (χ1) is 27.7. The lowest BCUT2D eigenvalue weighted by Crippen LogP contribution is -2.34. The number of anilines is 3. The lowest BCUT2D eigenvalue weighted by molar-refractivity contribution is 0.332. The molecular weight excluding hydrogens is 687 g/mol. The first-order valence-electron chi connectivity index (χ1n) is 20.6. The van der Waals surface area contributed by atoms with Crippen LogP contribution in [-0.4, -0.2) is 0 Å². The van der Waals surface area contributed by atoms with Gasteiger partial charge in [0.2, 0.25) is 0 Å². The molecule has 57 heavy (non-hydrogen) atoms. The average molecular weight is 736 g/mol. The van der Waals surface area contributed by atoms with E-state index in [1.54, 1.807) is 0 Å². The summed E-state index contributed by atoms with van der Waals surface area (Å²) in [6.45, 7) is 12.2. The zero-order chi connectivity index (χ0) is 38.9. The molecule has 0 spiro atoms. The fourth-order valence-corrected chi connectivity index (χ4v) is 10.4. The van der Waals surface area contributed by atoms with Crippen molar-refractivity contribution in [3.63, 3.8) is 0 Å². The van der Waals surface area contributed by atoms with Gasteiger partial charge < -0.3 is 4.90 Å². The molecule has 0 aromatic heterocycles. The van der Waals surface area contributed by atoms with Crippen LogP contribution in [0.5, 0.6) is 0 Å². The fourth-order valence-electron chi connectivity index (χ4n) is 10.4. The van der Waals surface area contributed by atoms with E-state index in [1.165, 1.54) is 84.1 Å². The van der Waals surface area contributed by atoms with Gasteiger partial charge in [-0.15, -0.1) is 0 Å². The van der Waals surface area contributed by atoms with Gasteiger partial charge in [-0.25, -0.2) is 0 Å². The first-order valence-corrected chi connectivity index (χ1v) is 20.6. The van der Waals surface area contributed by atoms with Gasteiger partial charge in [0.05, 0.1) is 11.1 Å². The number of fused-ring (bicyclic) bond motifs is 5. The molecule has 0 saturated carbocycles. The monoisotopic (exact) mass is 735 g/mol. The highest BCUT2D eigenvalue weighted by atomic mass is 15.1. The quantitative estimate of drug-likeness (QED) is 0.164. The molecule has 0 heterocycles. The molecule has 1 heteroatoms. The van der Waals surface area contributed by atoms with E-state index in [0.29, 0.717) is 0 Å². The first kappa shape index (κ1) is 35.2. The average Bonchev–Trinajstić information content (AvgIpc) is 3.53. The van der Waals surface area contributed by atoms with Crippen LogP contribution in [0.2, 0.25) is 0 Å². The second kappa shape index (κ2) is 13.2. The molecule has 2 aliphatic carbocycles. The van der Waals surface area contributed by atoms with E-state index in [0.717, 1.165) is 17.8 Å². The molecule has 0 radical (unpaired) electrons. The van der Waals surface area contributed by atoms with Crippen LogP contribution in [0.25, 0.3) is 33.0 Å². The third kappa shape index (κ3) is 5.43. The van der Waals surface area contributed by atoms with Gasteiger partial charge in [0.25, 0.3) is 0 Å². The van der Waals surface area contributed by atoms with Gasteiger partial charge in [0, 0.05) is 16.9 Å². The summed E-state index contributed by atoms with van der Waals surface area (Å²) < 4.78 is 0. The zero-order valence-corrected chi connectivity index (χ0v) is 33.7. The minimum Gasteiger partial charge on any atom is -0.310 e. The largest absolute Gasteiger partial charge is 0.310 e. The maximum Gasteiger partial charge on any atom is 0.0714 e. The van der Waals surface area contributed by atoms with Crippen LogP contribution in [0, 0.1) is 6.92 Å². The highest BCUT2D eigenvalue weighted by Crippen LogP contribution is 2.60. The molecule has 0 atom stereocenters. The second-order valence-corrected chi connectivity index (χ2v) is 17.6. The normalized spacial score (nSPS) is 15.7. The molecule has 0 saturated heterocycles. The highest BCUT2D eigenvalue weighted by molar-refractivity contribution is 5.99. The molecule has 0 N–H and O–H groups in total. The minimum atomic E-state index is -0.528. The Morgan fingerprint density at radius 2 is 1.02 bits per heavy atom. The van der Waals surface area contributed by atoms with Gasteiger partial charge in [-0.3, -0.25) is 0 Å². The Labute approximate surface area is 338 Å².